The molecule has 7 heteroatoms. The molecule has 1 aromatic carbocycles. The van der Waals surface area contributed by atoms with Crippen LogP contribution in [0.4, 0.5) is 0 Å². The summed E-state index contributed by atoms with van der Waals surface area (Å²) in [6.07, 6.45) is 0.0218. The van der Waals surface area contributed by atoms with Crippen LogP contribution < -0.4 is 14.8 Å². The fraction of sp³-hybridized carbons (Fsp3) is 0.385. The van der Waals surface area contributed by atoms with Gasteiger partial charge in [0.05, 0.1) is 11.4 Å². The molecule has 2 rings (SSSR count). The van der Waals surface area contributed by atoms with Gasteiger partial charge in [0.15, 0.2) is 11.5 Å². The van der Waals surface area contributed by atoms with Crippen LogP contribution in [0, 0.1) is 0 Å². The van der Waals surface area contributed by atoms with Crippen LogP contribution in [0.5, 0.6) is 11.5 Å². The Morgan fingerprint density at radius 2 is 2.10 bits per heavy atom. The lowest BCUT2D eigenvalue weighted by Gasteiger charge is -2.20. The topological polar surface area (TPSA) is 84.9 Å². The average molecular weight is 300 g/mol. The number of carbonyl (C=O) groups is 2. The zero-order chi connectivity index (χ0) is 14.7. The van der Waals surface area contributed by atoms with Crippen molar-refractivity contribution in [2.45, 2.75) is 19.4 Å². The van der Waals surface area contributed by atoms with Gasteiger partial charge in [-0.3, -0.25) is 9.59 Å². The third-order valence-corrected chi connectivity index (χ3v) is 3.05. The van der Waals surface area contributed by atoms with Crippen LogP contribution in [0.25, 0.3) is 0 Å². The lowest BCUT2D eigenvalue weighted by Crippen LogP contribution is -2.39. The van der Waals surface area contributed by atoms with Crippen molar-refractivity contribution in [1.29, 1.82) is 0 Å². The zero-order valence-corrected chi connectivity index (χ0v) is 11.6. The number of hydrogen-bond donors (Lipinski definition) is 2. The molecule has 0 aliphatic carbocycles. The monoisotopic (exact) mass is 299 g/mol. The van der Waals surface area contributed by atoms with Crippen molar-refractivity contribution in [3.63, 3.8) is 0 Å². The molecule has 1 aliphatic heterocycles. The lowest BCUT2D eigenvalue weighted by atomic mass is 10.1. The van der Waals surface area contributed by atoms with Gasteiger partial charge in [-0.2, -0.15) is 0 Å². The molecule has 0 unspecified atom stereocenters. The van der Waals surface area contributed by atoms with Gasteiger partial charge in [-0.1, -0.05) is 11.6 Å². The third kappa shape index (κ3) is 3.33. The van der Waals surface area contributed by atoms with Crippen LogP contribution in [0.2, 0.25) is 5.02 Å². The van der Waals surface area contributed by atoms with Gasteiger partial charge in [-0.05, 0) is 24.6 Å². The highest BCUT2D eigenvalue weighted by Gasteiger charge is 2.19. The number of fused-ring (bicyclic) bond motifs is 1. The molecule has 0 bridgehead atoms. The van der Waals surface area contributed by atoms with Crippen molar-refractivity contribution in [1.82, 2.24) is 5.32 Å². The van der Waals surface area contributed by atoms with E-state index in [1.54, 1.807) is 12.1 Å². The predicted molar refractivity (Wildman–Crippen MR) is 71.4 cm³/mol. The van der Waals surface area contributed by atoms with Crippen molar-refractivity contribution < 1.29 is 24.2 Å². The number of aliphatic carboxylic acids is 1. The largest absolute Gasteiger partial charge is 0.486 e. The number of ether oxygens (including phenoxy) is 2. The Bertz CT molecular complexity index is 546. The van der Waals surface area contributed by atoms with Gasteiger partial charge in [0.2, 0.25) is 5.91 Å². The smallest absolute Gasteiger partial charge is 0.325 e. The van der Waals surface area contributed by atoms with Crippen LogP contribution in [-0.4, -0.2) is 36.2 Å². The third-order valence-electron chi connectivity index (χ3n) is 2.77. The Morgan fingerprint density at radius 3 is 2.80 bits per heavy atom. The summed E-state index contributed by atoms with van der Waals surface area (Å²) in [5.74, 6) is -0.509. The SMILES string of the molecule is C[C@H](NC(=O)Cc1cc(Cl)c2c(c1)OCCO2)C(=O)O. The van der Waals surface area contributed by atoms with Crippen molar-refractivity contribution in [2.24, 2.45) is 0 Å². The standard InChI is InChI=1S/C13H14ClNO5/c1-7(13(17)18)15-11(16)6-8-4-9(14)12-10(5-8)19-2-3-20-12/h4-5,7H,2-3,6H2,1H3,(H,15,16)(H,17,18)/t7-/m0/s1. The van der Waals surface area contributed by atoms with Crippen LogP contribution in [0.15, 0.2) is 12.1 Å². The summed E-state index contributed by atoms with van der Waals surface area (Å²) in [7, 11) is 0. The number of carboxylic acids is 1. The summed E-state index contributed by atoms with van der Waals surface area (Å²) in [6.45, 7) is 2.26. The van der Waals surface area contributed by atoms with Gasteiger partial charge in [0.1, 0.15) is 19.3 Å². The Hall–Kier alpha value is -1.95. The summed E-state index contributed by atoms with van der Waals surface area (Å²) in [6, 6.07) is 2.35. The molecule has 20 heavy (non-hydrogen) atoms. The highest BCUT2D eigenvalue weighted by Crippen LogP contribution is 2.38. The second kappa shape index (κ2) is 6.00. The normalized spacial score (nSPS) is 14.5. The number of halogens is 1. The van der Waals surface area contributed by atoms with E-state index in [9.17, 15) is 9.59 Å². The van der Waals surface area contributed by atoms with Gasteiger partial charge in [0.25, 0.3) is 0 Å². The Balaban J connectivity index is 2.08. The predicted octanol–water partition coefficient (Wildman–Crippen LogP) is 1.24. The van der Waals surface area contributed by atoms with E-state index in [0.717, 1.165) is 0 Å². The molecule has 1 atom stereocenters. The maximum Gasteiger partial charge on any atom is 0.325 e. The summed E-state index contributed by atoms with van der Waals surface area (Å²) in [5.41, 5.74) is 0.634. The first-order valence-corrected chi connectivity index (χ1v) is 6.45. The zero-order valence-electron chi connectivity index (χ0n) is 10.8. The van der Waals surface area contributed by atoms with Crippen LogP contribution in [-0.2, 0) is 16.0 Å². The van der Waals surface area contributed by atoms with Gasteiger partial charge < -0.3 is 19.9 Å². The number of benzene rings is 1. The molecule has 0 fully saturated rings. The fourth-order valence-corrected chi connectivity index (χ4v) is 2.09. The maximum atomic E-state index is 11.7. The molecule has 0 aromatic heterocycles. The quantitative estimate of drug-likeness (QED) is 0.874. The molecule has 2 N–H and O–H groups in total. The van der Waals surface area contributed by atoms with E-state index < -0.39 is 17.9 Å². The molecule has 6 nitrogen and oxygen atoms in total. The van der Waals surface area contributed by atoms with Gasteiger partial charge in [-0.25, -0.2) is 0 Å². The summed E-state index contributed by atoms with van der Waals surface area (Å²) >= 11 is 6.06. The Kier molecular flexibility index (Phi) is 4.34. The van der Waals surface area contributed by atoms with E-state index in [-0.39, 0.29) is 6.42 Å². The number of amides is 1. The van der Waals surface area contributed by atoms with Crippen molar-refractivity contribution in [2.75, 3.05) is 13.2 Å². The summed E-state index contributed by atoms with van der Waals surface area (Å²) < 4.78 is 10.8. The fourth-order valence-electron chi connectivity index (χ4n) is 1.81. The minimum atomic E-state index is -1.08. The highest BCUT2D eigenvalue weighted by molar-refractivity contribution is 6.32. The molecule has 1 aliphatic rings. The van der Waals surface area contributed by atoms with Gasteiger partial charge in [0, 0.05) is 0 Å². The molecule has 1 heterocycles. The van der Waals surface area contributed by atoms with Gasteiger partial charge in [-0.15, -0.1) is 0 Å². The highest BCUT2D eigenvalue weighted by atomic mass is 35.5. The van der Waals surface area contributed by atoms with Crippen LogP contribution >= 0.6 is 11.6 Å². The van der Waals surface area contributed by atoms with Crippen LogP contribution in [0.1, 0.15) is 12.5 Å². The van der Waals surface area contributed by atoms with E-state index in [1.165, 1.54) is 6.92 Å². The van der Waals surface area contributed by atoms with Crippen molar-refractivity contribution >= 4 is 23.5 Å². The Labute approximate surface area is 120 Å². The first-order chi connectivity index (χ1) is 9.47. The molecular formula is C13H14ClNO5. The number of carbonyl (C=O) groups excluding carboxylic acids is 1. The van der Waals surface area contributed by atoms with Crippen molar-refractivity contribution in [3.8, 4) is 11.5 Å². The minimum absolute atomic E-state index is 0.0218. The first-order valence-electron chi connectivity index (χ1n) is 6.07. The number of rotatable bonds is 4. The number of carboxylic acid groups (broad SMARTS) is 1. The van der Waals surface area contributed by atoms with Crippen LogP contribution in [0.3, 0.4) is 0 Å². The molecular weight excluding hydrogens is 286 g/mol. The number of nitrogens with one attached hydrogen (secondary N) is 1. The molecule has 108 valence electrons. The summed E-state index contributed by atoms with van der Waals surface area (Å²) in [5, 5.41) is 11.5. The molecule has 1 amide bonds. The first kappa shape index (κ1) is 14.5. The molecule has 0 spiro atoms. The van der Waals surface area contributed by atoms with E-state index in [2.05, 4.69) is 5.32 Å². The molecule has 1 aromatic rings. The maximum absolute atomic E-state index is 11.7. The van der Waals surface area contributed by atoms with Gasteiger partial charge >= 0.3 is 5.97 Å². The van der Waals surface area contributed by atoms with E-state index in [4.69, 9.17) is 26.2 Å². The molecule has 0 saturated carbocycles. The lowest BCUT2D eigenvalue weighted by molar-refractivity contribution is -0.141. The Morgan fingerprint density at radius 1 is 1.40 bits per heavy atom. The van der Waals surface area contributed by atoms with E-state index >= 15 is 0 Å². The average Bonchev–Trinajstić information content (AvgIpc) is 2.38. The second-order valence-electron chi connectivity index (χ2n) is 4.41. The number of hydrogen-bond acceptors (Lipinski definition) is 4. The van der Waals surface area contributed by atoms with E-state index in [1.807, 2.05) is 0 Å². The minimum Gasteiger partial charge on any atom is -0.486 e. The molecule has 0 radical (unpaired) electrons. The summed E-state index contributed by atoms with van der Waals surface area (Å²) in [4.78, 5) is 22.4. The molecule has 0 saturated heterocycles. The second-order valence-corrected chi connectivity index (χ2v) is 4.81. The van der Waals surface area contributed by atoms with Crippen molar-refractivity contribution in [3.05, 3.63) is 22.7 Å². The van der Waals surface area contributed by atoms with E-state index in [0.29, 0.717) is 35.3 Å².